The summed E-state index contributed by atoms with van der Waals surface area (Å²) in [6.07, 6.45) is 4.13. The monoisotopic (exact) mass is 465 g/mol. The van der Waals surface area contributed by atoms with E-state index < -0.39 is 0 Å². The summed E-state index contributed by atoms with van der Waals surface area (Å²) in [4.78, 5) is 33.8. The highest BCUT2D eigenvalue weighted by Gasteiger charge is 2.23. The average Bonchev–Trinajstić information content (AvgIpc) is 3.25. The summed E-state index contributed by atoms with van der Waals surface area (Å²) < 4.78 is 1.54. The first kappa shape index (κ1) is 20.8. The van der Waals surface area contributed by atoms with E-state index in [1.54, 1.807) is 11.3 Å². The summed E-state index contributed by atoms with van der Waals surface area (Å²) in [5.74, 6) is 0.283. The molecule has 34 heavy (non-hydrogen) atoms. The molecule has 0 saturated heterocycles. The predicted molar refractivity (Wildman–Crippen MR) is 139 cm³/mol. The van der Waals surface area contributed by atoms with Gasteiger partial charge in [0, 0.05) is 16.1 Å². The van der Waals surface area contributed by atoms with Crippen LogP contribution in [0.2, 0.25) is 0 Å². The Kier molecular flexibility index (Phi) is 5.23. The van der Waals surface area contributed by atoms with E-state index in [2.05, 4.69) is 5.32 Å². The van der Waals surface area contributed by atoms with Crippen LogP contribution in [0.3, 0.4) is 0 Å². The normalized spacial score (nSPS) is 13.2. The zero-order chi connectivity index (χ0) is 23.1. The van der Waals surface area contributed by atoms with Crippen LogP contribution in [0.1, 0.15) is 23.3 Å². The van der Waals surface area contributed by atoms with Gasteiger partial charge in [0.05, 0.1) is 5.39 Å². The molecule has 1 aliphatic rings. The van der Waals surface area contributed by atoms with Crippen molar-refractivity contribution in [2.24, 2.45) is 0 Å². The molecule has 3 aromatic carbocycles. The Bertz CT molecular complexity index is 1600. The third-order valence-electron chi connectivity index (χ3n) is 6.44. The second-order valence-electron chi connectivity index (χ2n) is 8.69. The number of aromatic nitrogens is 2. The fourth-order valence-electron chi connectivity index (χ4n) is 4.80. The van der Waals surface area contributed by atoms with Crippen molar-refractivity contribution in [2.75, 3.05) is 5.32 Å². The molecule has 0 unspecified atom stereocenters. The molecule has 0 fully saturated rings. The van der Waals surface area contributed by atoms with Gasteiger partial charge in [0.2, 0.25) is 5.91 Å². The smallest absolute Gasteiger partial charge is 0.263 e. The number of anilines is 1. The molecule has 6 rings (SSSR count). The molecule has 0 spiro atoms. The van der Waals surface area contributed by atoms with E-state index >= 15 is 0 Å². The lowest BCUT2D eigenvalue weighted by Crippen LogP contribution is -2.30. The fraction of sp³-hybridized carbons (Fsp3) is 0.179. The molecule has 5 nitrogen and oxygen atoms in total. The van der Waals surface area contributed by atoms with E-state index in [1.165, 1.54) is 9.44 Å². The molecule has 1 N–H and O–H groups in total. The van der Waals surface area contributed by atoms with Gasteiger partial charge in [-0.25, -0.2) is 4.98 Å². The number of hydrogen-bond donors (Lipinski definition) is 1. The van der Waals surface area contributed by atoms with Gasteiger partial charge < -0.3 is 5.32 Å². The molecular formula is C28H23N3O2S. The molecule has 6 heteroatoms. The lowest BCUT2D eigenvalue weighted by Gasteiger charge is -2.14. The lowest BCUT2D eigenvalue weighted by molar-refractivity contribution is -0.116. The van der Waals surface area contributed by atoms with Gasteiger partial charge in [-0.15, -0.1) is 11.3 Å². The van der Waals surface area contributed by atoms with Crippen LogP contribution < -0.4 is 10.9 Å². The van der Waals surface area contributed by atoms with Gasteiger partial charge in [-0.2, -0.15) is 0 Å². The standard InChI is InChI=1S/C28H23N3O2S/c32-24(29-21-15-14-18-8-4-5-11-20(18)16-21)17-31-26(19-9-2-1-3-10-19)30-27-25(28(31)33)22-12-6-7-13-23(22)34-27/h1-5,8-11,14-16H,6-7,12-13,17H2,(H,29,32). The quantitative estimate of drug-likeness (QED) is 0.365. The molecule has 168 valence electrons. The molecule has 2 aromatic heterocycles. The lowest BCUT2D eigenvalue weighted by atomic mass is 9.97. The first-order valence-electron chi connectivity index (χ1n) is 11.6. The molecular weight excluding hydrogens is 442 g/mol. The molecule has 0 radical (unpaired) electrons. The second kappa shape index (κ2) is 8.54. The van der Waals surface area contributed by atoms with Crippen molar-refractivity contribution in [1.29, 1.82) is 0 Å². The minimum atomic E-state index is -0.250. The molecule has 0 bridgehead atoms. The van der Waals surface area contributed by atoms with Crippen LogP contribution in [0.25, 0.3) is 32.4 Å². The molecule has 0 aliphatic heterocycles. The molecule has 5 aromatic rings. The zero-order valence-corrected chi connectivity index (χ0v) is 19.4. The van der Waals surface area contributed by atoms with Crippen molar-refractivity contribution in [3.8, 4) is 11.4 Å². The van der Waals surface area contributed by atoms with Gasteiger partial charge in [-0.1, -0.05) is 60.7 Å². The molecule has 0 saturated carbocycles. The number of thiophene rings is 1. The van der Waals surface area contributed by atoms with E-state index in [0.717, 1.165) is 52.4 Å². The summed E-state index contributed by atoms with van der Waals surface area (Å²) >= 11 is 1.63. The van der Waals surface area contributed by atoms with Crippen LogP contribution in [0, 0.1) is 0 Å². The Balaban J connectivity index is 1.42. The summed E-state index contributed by atoms with van der Waals surface area (Å²) in [5, 5.41) is 5.82. The average molecular weight is 466 g/mol. The number of rotatable bonds is 4. The van der Waals surface area contributed by atoms with Crippen molar-refractivity contribution in [3.05, 3.63) is 93.6 Å². The number of nitrogens with zero attached hydrogens (tertiary/aromatic N) is 2. The summed E-state index contributed by atoms with van der Waals surface area (Å²) in [6, 6.07) is 23.5. The van der Waals surface area contributed by atoms with E-state index in [-0.39, 0.29) is 18.0 Å². The fourth-order valence-corrected chi connectivity index (χ4v) is 6.06. The Hall–Kier alpha value is -3.77. The topological polar surface area (TPSA) is 64.0 Å². The maximum absolute atomic E-state index is 13.8. The highest BCUT2D eigenvalue weighted by Crippen LogP contribution is 2.34. The SMILES string of the molecule is O=C(Cn1c(-c2ccccc2)nc2sc3c(c2c1=O)CCCC3)Nc1ccc2ccccc2c1. The highest BCUT2D eigenvalue weighted by atomic mass is 32.1. The minimum Gasteiger partial charge on any atom is -0.325 e. The van der Waals surface area contributed by atoms with Crippen LogP contribution in [-0.2, 0) is 24.2 Å². The van der Waals surface area contributed by atoms with Gasteiger partial charge in [-0.05, 0) is 54.2 Å². The Morgan fingerprint density at radius 3 is 2.56 bits per heavy atom. The van der Waals surface area contributed by atoms with Crippen molar-refractivity contribution in [1.82, 2.24) is 9.55 Å². The van der Waals surface area contributed by atoms with Crippen molar-refractivity contribution < 1.29 is 4.79 Å². The molecule has 1 aliphatic carbocycles. The summed E-state index contributed by atoms with van der Waals surface area (Å²) in [6.45, 7) is -0.0938. The number of nitrogens with one attached hydrogen (secondary N) is 1. The molecule has 2 heterocycles. The minimum absolute atomic E-state index is 0.0938. The largest absolute Gasteiger partial charge is 0.325 e. The highest BCUT2D eigenvalue weighted by molar-refractivity contribution is 7.18. The van der Waals surface area contributed by atoms with Crippen LogP contribution in [0.15, 0.2) is 77.6 Å². The Morgan fingerprint density at radius 1 is 0.941 bits per heavy atom. The van der Waals surface area contributed by atoms with Gasteiger partial charge in [0.25, 0.3) is 5.56 Å². The number of hydrogen-bond acceptors (Lipinski definition) is 4. The third kappa shape index (κ3) is 3.70. The maximum atomic E-state index is 13.8. The Labute approximate surface area is 200 Å². The van der Waals surface area contributed by atoms with E-state index in [1.807, 2.05) is 72.8 Å². The third-order valence-corrected chi connectivity index (χ3v) is 7.63. The van der Waals surface area contributed by atoms with E-state index in [0.29, 0.717) is 16.9 Å². The number of carbonyl (C=O) groups excluding carboxylic acids is 1. The van der Waals surface area contributed by atoms with E-state index in [9.17, 15) is 9.59 Å². The van der Waals surface area contributed by atoms with E-state index in [4.69, 9.17) is 4.98 Å². The Morgan fingerprint density at radius 2 is 1.71 bits per heavy atom. The first-order chi connectivity index (χ1) is 16.7. The van der Waals surface area contributed by atoms with Crippen molar-refractivity contribution >= 4 is 43.9 Å². The first-order valence-corrected chi connectivity index (χ1v) is 12.4. The molecule has 1 amide bonds. The summed E-state index contributed by atoms with van der Waals surface area (Å²) in [5.41, 5.74) is 2.54. The van der Waals surface area contributed by atoms with Crippen molar-refractivity contribution in [3.63, 3.8) is 0 Å². The molecule has 0 atom stereocenters. The van der Waals surface area contributed by atoms with Crippen LogP contribution in [0.4, 0.5) is 5.69 Å². The number of amides is 1. The second-order valence-corrected chi connectivity index (χ2v) is 9.78. The van der Waals surface area contributed by atoms with Crippen LogP contribution >= 0.6 is 11.3 Å². The number of carbonyl (C=O) groups is 1. The number of fused-ring (bicyclic) bond motifs is 4. The van der Waals surface area contributed by atoms with Crippen LogP contribution in [0.5, 0.6) is 0 Å². The number of benzene rings is 3. The predicted octanol–water partition coefficient (Wildman–Crippen LogP) is 5.80. The summed E-state index contributed by atoms with van der Waals surface area (Å²) in [7, 11) is 0. The maximum Gasteiger partial charge on any atom is 0.263 e. The zero-order valence-electron chi connectivity index (χ0n) is 18.6. The number of aryl methyl sites for hydroxylation is 2. The van der Waals surface area contributed by atoms with Gasteiger partial charge >= 0.3 is 0 Å². The van der Waals surface area contributed by atoms with Gasteiger partial charge in [-0.3, -0.25) is 14.2 Å². The van der Waals surface area contributed by atoms with Gasteiger partial charge in [0.15, 0.2) is 0 Å². The van der Waals surface area contributed by atoms with Crippen LogP contribution in [-0.4, -0.2) is 15.5 Å². The van der Waals surface area contributed by atoms with Crippen molar-refractivity contribution in [2.45, 2.75) is 32.2 Å². The van der Waals surface area contributed by atoms with Gasteiger partial charge in [0.1, 0.15) is 17.2 Å².